The summed E-state index contributed by atoms with van der Waals surface area (Å²) in [5.74, 6) is -0.442. The predicted molar refractivity (Wildman–Crippen MR) is 89.0 cm³/mol. The second-order valence-corrected chi connectivity index (χ2v) is 5.51. The second kappa shape index (κ2) is 9.32. The Morgan fingerprint density at radius 3 is 2.77 bits per heavy atom. The minimum atomic E-state index is -0.548. The molecule has 0 fully saturated rings. The van der Waals surface area contributed by atoms with Crippen LogP contribution in [0.4, 0.5) is 4.39 Å². The minimum Gasteiger partial charge on any atom is -0.456 e. The summed E-state index contributed by atoms with van der Waals surface area (Å²) in [6.45, 7) is -0.0808. The maximum Gasteiger partial charge on any atom is 0.306 e. The lowest BCUT2D eigenvalue weighted by Gasteiger charge is -2.15. The lowest BCUT2D eigenvalue weighted by Crippen LogP contribution is -2.31. The molecule has 0 radical (unpaired) electrons. The van der Waals surface area contributed by atoms with E-state index >= 15 is 0 Å². The zero-order valence-corrected chi connectivity index (χ0v) is 14.3. The number of carbonyl (C=O) groups is 2. The van der Waals surface area contributed by atoms with Crippen LogP contribution < -0.4 is 0 Å². The molecule has 1 amide bonds. The Bertz CT molecular complexity index is 796. The number of aromatic nitrogens is 1. The summed E-state index contributed by atoms with van der Waals surface area (Å²) in [6, 6.07) is 7.72. The molecule has 1 aromatic heterocycles. The number of amides is 1. The summed E-state index contributed by atoms with van der Waals surface area (Å²) in [4.78, 5) is 28.8. The number of benzene rings is 1. The highest BCUT2D eigenvalue weighted by molar-refractivity contribution is 5.80. The van der Waals surface area contributed by atoms with E-state index in [1.54, 1.807) is 12.1 Å². The molecule has 0 saturated heterocycles. The van der Waals surface area contributed by atoms with Crippen LogP contribution in [0.1, 0.15) is 18.7 Å². The van der Waals surface area contributed by atoms with Crippen LogP contribution in [0.5, 0.6) is 0 Å². The number of carbonyl (C=O) groups excluding carboxylic acids is 2. The summed E-state index contributed by atoms with van der Waals surface area (Å²) in [5, 5.41) is 8.48. The number of likely N-dealkylation sites (N-methyl/N-ethyl adjacent to an activating group) is 1. The number of rotatable bonds is 8. The van der Waals surface area contributed by atoms with Gasteiger partial charge in [0.15, 0.2) is 18.3 Å². The molecule has 0 atom stereocenters. The Kier molecular flexibility index (Phi) is 6.85. The SMILES string of the molecule is CN(CCC#N)C(=O)COC(=O)CCc1ncc(-c2ccc(F)cc2)o1. The molecule has 0 N–H and O–H groups in total. The van der Waals surface area contributed by atoms with Crippen LogP contribution in [0.25, 0.3) is 11.3 Å². The van der Waals surface area contributed by atoms with Gasteiger partial charge in [0.05, 0.1) is 25.1 Å². The fourth-order valence-electron chi connectivity index (χ4n) is 2.05. The predicted octanol–water partition coefficient (Wildman–Crippen LogP) is 2.33. The molecule has 0 aliphatic rings. The molecule has 0 aliphatic carbocycles. The van der Waals surface area contributed by atoms with Crippen molar-refractivity contribution >= 4 is 11.9 Å². The van der Waals surface area contributed by atoms with Crippen molar-refractivity contribution in [2.24, 2.45) is 0 Å². The number of aryl methyl sites for hydroxylation is 1. The third kappa shape index (κ3) is 5.70. The van der Waals surface area contributed by atoms with Gasteiger partial charge in [-0.1, -0.05) is 0 Å². The second-order valence-electron chi connectivity index (χ2n) is 5.51. The van der Waals surface area contributed by atoms with E-state index in [2.05, 4.69) is 4.98 Å². The van der Waals surface area contributed by atoms with Crippen molar-refractivity contribution in [1.82, 2.24) is 9.88 Å². The third-order valence-corrected chi connectivity index (χ3v) is 3.57. The first-order valence-corrected chi connectivity index (χ1v) is 7.96. The molecule has 0 bridgehead atoms. The smallest absolute Gasteiger partial charge is 0.306 e. The molecule has 26 heavy (non-hydrogen) atoms. The monoisotopic (exact) mass is 359 g/mol. The normalized spacial score (nSPS) is 10.2. The summed E-state index contributed by atoms with van der Waals surface area (Å²) < 4.78 is 23.3. The van der Waals surface area contributed by atoms with E-state index in [0.717, 1.165) is 0 Å². The number of nitrogens with zero attached hydrogens (tertiary/aromatic N) is 3. The summed E-state index contributed by atoms with van der Waals surface area (Å²) >= 11 is 0. The van der Waals surface area contributed by atoms with Gasteiger partial charge >= 0.3 is 5.97 Å². The van der Waals surface area contributed by atoms with Crippen molar-refractivity contribution in [2.75, 3.05) is 20.2 Å². The first-order chi connectivity index (χ1) is 12.5. The molecule has 1 aromatic carbocycles. The molecular formula is C18H18FN3O4. The standard InChI is InChI=1S/C18H18FN3O4/c1-22(10-2-9-20)17(23)12-25-18(24)8-7-16-21-11-15(26-16)13-3-5-14(19)6-4-13/h3-6,11H,2,7-8,10,12H2,1H3. The highest BCUT2D eigenvalue weighted by Gasteiger charge is 2.13. The van der Waals surface area contributed by atoms with Crippen LogP contribution in [0.2, 0.25) is 0 Å². The van der Waals surface area contributed by atoms with Crippen LogP contribution in [0.3, 0.4) is 0 Å². The number of halogens is 1. The molecular weight excluding hydrogens is 341 g/mol. The fourth-order valence-corrected chi connectivity index (χ4v) is 2.05. The summed E-state index contributed by atoms with van der Waals surface area (Å²) in [6.07, 6.45) is 1.95. The molecule has 136 valence electrons. The van der Waals surface area contributed by atoms with Gasteiger partial charge in [-0.05, 0) is 24.3 Å². The van der Waals surface area contributed by atoms with Gasteiger partial charge in [0.1, 0.15) is 5.82 Å². The molecule has 0 spiro atoms. The lowest BCUT2D eigenvalue weighted by molar-refractivity contribution is -0.151. The molecule has 1 heterocycles. The number of ether oxygens (including phenoxy) is 1. The van der Waals surface area contributed by atoms with E-state index in [0.29, 0.717) is 17.2 Å². The van der Waals surface area contributed by atoms with E-state index in [4.69, 9.17) is 14.4 Å². The molecule has 8 heteroatoms. The quantitative estimate of drug-likeness (QED) is 0.671. The van der Waals surface area contributed by atoms with Crippen LogP contribution in [-0.4, -0.2) is 42.0 Å². The molecule has 0 aliphatic heterocycles. The average molecular weight is 359 g/mol. The highest BCUT2D eigenvalue weighted by Crippen LogP contribution is 2.21. The van der Waals surface area contributed by atoms with Gasteiger partial charge in [0.25, 0.3) is 5.91 Å². The van der Waals surface area contributed by atoms with Gasteiger partial charge in [-0.15, -0.1) is 0 Å². The van der Waals surface area contributed by atoms with Crippen molar-refractivity contribution in [3.05, 3.63) is 42.2 Å². The van der Waals surface area contributed by atoms with Gasteiger partial charge in [-0.2, -0.15) is 5.26 Å². The number of esters is 1. The molecule has 2 rings (SSSR count). The van der Waals surface area contributed by atoms with Gasteiger partial charge in [0, 0.05) is 25.6 Å². The maximum absolute atomic E-state index is 12.9. The molecule has 0 saturated carbocycles. The van der Waals surface area contributed by atoms with E-state index in [1.807, 2.05) is 6.07 Å². The Morgan fingerprint density at radius 2 is 2.08 bits per heavy atom. The molecule has 2 aromatic rings. The van der Waals surface area contributed by atoms with Crippen LogP contribution >= 0.6 is 0 Å². The highest BCUT2D eigenvalue weighted by atomic mass is 19.1. The number of hydrogen-bond donors (Lipinski definition) is 0. The van der Waals surface area contributed by atoms with Crippen LogP contribution in [0.15, 0.2) is 34.9 Å². The van der Waals surface area contributed by atoms with Crippen molar-refractivity contribution in [2.45, 2.75) is 19.3 Å². The minimum absolute atomic E-state index is 0.0125. The van der Waals surface area contributed by atoms with Gasteiger partial charge in [0.2, 0.25) is 0 Å². The van der Waals surface area contributed by atoms with Gasteiger partial charge in [-0.3, -0.25) is 9.59 Å². The molecule has 0 unspecified atom stereocenters. The van der Waals surface area contributed by atoms with Crippen molar-refractivity contribution in [1.29, 1.82) is 5.26 Å². The Hall–Kier alpha value is -3.21. The zero-order valence-electron chi connectivity index (χ0n) is 14.3. The first kappa shape index (κ1) is 19.1. The third-order valence-electron chi connectivity index (χ3n) is 3.57. The van der Waals surface area contributed by atoms with Gasteiger partial charge < -0.3 is 14.1 Å². The Morgan fingerprint density at radius 1 is 1.35 bits per heavy atom. The zero-order chi connectivity index (χ0) is 18.9. The van der Waals surface area contributed by atoms with Crippen LogP contribution in [-0.2, 0) is 20.7 Å². The van der Waals surface area contributed by atoms with E-state index in [-0.39, 0.29) is 44.1 Å². The van der Waals surface area contributed by atoms with Crippen molar-refractivity contribution in [3.8, 4) is 17.4 Å². The van der Waals surface area contributed by atoms with Gasteiger partial charge in [-0.25, -0.2) is 9.37 Å². The first-order valence-electron chi connectivity index (χ1n) is 7.96. The Labute approximate surface area is 150 Å². The average Bonchev–Trinajstić information content (AvgIpc) is 3.12. The topological polar surface area (TPSA) is 96.4 Å². The number of nitriles is 1. The fraction of sp³-hybridized carbons (Fsp3) is 0.333. The van der Waals surface area contributed by atoms with E-state index in [1.165, 1.54) is 30.3 Å². The molecule has 7 nitrogen and oxygen atoms in total. The largest absolute Gasteiger partial charge is 0.456 e. The van der Waals surface area contributed by atoms with E-state index < -0.39 is 5.97 Å². The lowest BCUT2D eigenvalue weighted by atomic mass is 10.2. The van der Waals surface area contributed by atoms with Crippen molar-refractivity contribution < 1.29 is 23.1 Å². The number of oxazole rings is 1. The Balaban J connectivity index is 1.77. The maximum atomic E-state index is 12.9. The van der Waals surface area contributed by atoms with Crippen molar-refractivity contribution in [3.63, 3.8) is 0 Å². The number of hydrogen-bond acceptors (Lipinski definition) is 6. The summed E-state index contributed by atoms with van der Waals surface area (Å²) in [7, 11) is 1.54. The summed E-state index contributed by atoms with van der Waals surface area (Å²) in [5.41, 5.74) is 0.679. The van der Waals surface area contributed by atoms with E-state index in [9.17, 15) is 14.0 Å². The van der Waals surface area contributed by atoms with Crippen LogP contribution in [0, 0.1) is 17.1 Å².